The number of rotatable bonds is 6. The van der Waals surface area contributed by atoms with Crippen LogP contribution in [0.5, 0.6) is 0 Å². The molecular formula is C21H26ClN3O. The summed E-state index contributed by atoms with van der Waals surface area (Å²) >= 11 is 6.15. The van der Waals surface area contributed by atoms with Gasteiger partial charge in [-0.15, -0.1) is 0 Å². The van der Waals surface area contributed by atoms with E-state index in [-0.39, 0.29) is 11.9 Å². The number of carbonyl (C=O) groups is 1. The molecule has 0 unspecified atom stereocenters. The van der Waals surface area contributed by atoms with E-state index >= 15 is 0 Å². The summed E-state index contributed by atoms with van der Waals surface area (Å²) in [4.78, 5) is 17.1. The van der Waals surface area contributed by atoms with Crippen LogP contribution in [0.15, 0.2) is 48.5 Å². The fourth-order valence-electron chi connectivity index (χ4n) is 3.44. The van der Waals surface area contributed by atoms with Crippen LogP contribution >= 0.6 is 11.6 Å². The Morgan fingerprint density at radius 1 is 1.12 bits per heavy atom. The van der Waals surface area contributed by atoms with Crippen molar-refractivity contribution in [3.8, 4) is 0 Å². The number of hydrogen-bond donors (Lipinski definition) is 1. The van der Waals surface area contributed by atoms with Crippen LogP contribution < -0.4 is 10.2 Å². The summed E-state index contributed by atoms with van der Waals surface area (Å²) in [5.41, 5.74) is 2.93. The Labute approximate surface area is 160 Å². The molecule has 1 N–H and O–H groups in total. The molecule has 1 heterocycles. The van der Waals surface area contributed by atoms with E-state index in [1.165, 1.54) is 24.1 Å². The first kappa shape index (κ1) is 18.7. The van der Waals surface area contributed by atoms with Crippen LogP contribution in [0.25, 0.3) is 0 Å². The first-order valence-corrected chi connectivity index (χ1v) is 9.48. The van der Waals surface area contributed by atoms with Crippen LogP contribution in [0.3, 0.4) is 0 Å². The second-order valence-electron chi connectivity index (χ2n) is 6.93. The Morgan fingerprint density at radius 2 is 1.77 bits per heavy atom. The van der Waals surface area contributed by atoms with Crippen LogP contribution in [-0.4, -0.2) is 44.5 Å². The van der Waals surface area contributed by atoms with Gasteiger partial charge in [-0.3, -0.25) is 9.69 Å². The molecule has 1 fully saturated rings. The van der Waals surface area contributed by atoms with Gasteiger partial charge in [0.05, 0.1) is 16.6 Å². The summed E-state index contributed by atoms with van der Waals surface area (Å²) in [6.07, 6.45) is 2.43. The van der Waals surface area contributed by atoms with Crippen molar-refractivity contribution in [1.29, 1.82) is 0 Å². The molecule has 26 heavy (non-hydrogen) atoms. The van der Waals surface area contributed by atoms with E-state index in [9.17, 15) is 4.79 Å². The zero-order valence-electron chi connectivity index (χ0n) is 15.4. The lowest BCUT2D eigenvalue weighted by Gasteiger charge is -2.28. The van der Waals surface area contributed by atoms with E-state index in [0.717, 1.165) is 13.1 Å². The molecular weight excluding hydrogens is 346 g/mol. The molecule has 0 aliphatic carbocycles. The molecule has 2 aromatic rings. The van der Waals surface area contributed by atoms with E-state index in [1.54, 1.807) is 12.1 Å². The maximum atomic E-state index is 12.5. The van der Waals surface area contributed by atoms with Crippen molar-refractivity contribution < 1.29 is 4.79 Å². The minimum Gasteiger partial charge on any atom is -0.378 e. The molecule has 0 spiro atoms. The van der Waals surface area contributed by atoms with Crippen molar-refractivity contribution >= 4 is 23.2 Å². The van der Waals surface area contributed by atoms with Crippen molar-refractivity contribution in [1.82, 2.24) is 10.2 Å². The molecule has 1 aliphatic heterocycles. The maximum absolute atomic E-state index is 12.5. The summed E-state index contributed by atoms with van der Waals surface area (Å²) in [5, 5.41) is 3.56. The number of nitrogens with one attached hydrogen (secondary N) is 1. The second kappa shape index (κ2) is 8.56. The number of nitrogens with zero attached hydrogens (tertiary/aromatic N) is 2. The molecule has 1 saturated heterocycles. The number of benzene rings is 2. The Balaban J connectivity index is 1.74. The van der Waals surface area contributed by atoms with Crippen LogP contribution in [0.1, 0.15) is 34.8 Å². The largest absolute Gasteiger partial charge is 0.378 e. The molecule has 138 valence electrons. The summed E-state index contributed by atoms with van der Waals surface area (Å²) in [6.45, 7) is 2.72. The summed E-state index contributed by atoms with van der Waals surface area (Å²) in [5.74, 6) is -0.121. The predicted molar refractivity (Wildman–Crippen MR) is 108 cm³/mol. The monoisotopic (exact) mass is 371 g/mol. The lowest BCUT2D eigenvalue weighted by molar-refractivity contribution is 0.0938. The van der Waals surface area contributed by atoms with Crippen LogP contribution in [0.4, 0.5) is 5.69 Å². The highest BCUT2D eigenvalue weighted by Crippen LogP contribution is 2.26. The van der Waals surface area contributed by atoms with Crippen molar-refractivity contribution in [2.75, 3.05) is 38.6 Å². The normalized spacial score (nSPS) is 15.7. The first-order chi connectivity index (χ1) is 12.6. The number of hydrogen-bond acceptors (Lipinski definition) is 3. The third-order valence-electron chi connectivity index (χ3n) is 4.95. The van der Waals surface area contributed by atoms with E-state index < -0.39 is 0 Å². The molecule has 0 radical (unpaired) electrons. The van der Waals surface area contributed by atoms with Crippen LogP contribution in [0.2, 0.25) is 5.02 Å². The third-order valence-corrected chi connectivity index (χ3v) is 5.28. The number of amides is 1. The molecule has 5 heteroatoms. The highest BCUT2D eigenvalue weighted by atomic mass is 35.5. The Morgan fingerprint density at radius 3 is 2.38 bits per heavy atom. The molecule has 0 bridgehead atoms. The second-order valence-corrected chi connectivity index (χ2v) is 7.34. The average molecular weight is 372 g/mol. The lowest BCUT2D eigenvalue weighted by atomic mass is 10.0. The molecule has 3 rings (SSSR count). The SMILES string of the molecule is CN(C)c1ccc([C@H](CNC(=O)c2ccccc2Cl)N2CCCC2)cc1. The van der Waals surface area contributed by atoms with Gasteiger partial charge < -0.3 is 10.2 Å². The van der Waals surface area contributed by atoms with Crippen molar-refractivity contribution in [2.24, 2.45) is 0 Å². The predicted octanol–water partition coefficient (Wildman–Crippen LogP) is 3.97. The minimum absolute atomic E-state index is 0.121. The number of halogens is 1. The summed E-state index contributed by atoms with van der Waals surface area (Å²) < 4.78 is 0. The lowest BCUT2D eigenvalue weighted by Crippen LogP contribution is -2.36. The highest BCUT2D eigenvalue weighted by Gasteiger charge is 2.24. The highest BCUT2D eigenvalue weighted by molar-refractivity contribution is 6.33. The van der Waals surface area contributed by atoms with Gasteiger partial charge in [0.2, 0.25) is 0 Å². The van der Waals surface area contributed by atoms with Crippen molar-refractivity contribution in [3.05, 3.63) is 64.7 Å². The minimum atomic E-state index is -0.121. The van der Waals surface area contributed by atoms with Gasteiger partial charge in [-0.2, -0.15) is 0 Å². The summed E-state index contributed by atoms with van der Waals surface area (Å²) in [6, 6.07) is 15.9. The number of carbonyl (C=O) groups excluding carboxylic acids is 1. The maximum Gasteiger partial charge on any atom is 0.252 e. The summed E-state index contributed by atoms with van der Waals surface area (Å²) in [7, 11) is 4.08. The van der Waals surface area contributed by atoms with Gasteiger partial charge in [-0.25, -0.2) is 0 Å². The quantitative estimate of drug-likeness (QED) is 0.834. The van der Waals surface area contributed by atoms with E-state index in [4.69, 9.17) is 11.6 Å². The van der Waals surface area contributed by atoms with Crippen LogP contribution in [0, 0.1) is 0 Å². The van der Waals surface area contributed by atoms with Gasteiger partial charge >= 0.3 is 0 Å². The fraction of sp³-hybridized carbons (Fsp3) is 0.381. The fourth-order valence-corrected chi connectivity index (χ4v) is 3.66. The van der Waals surface area contributed by atoms with Gasteiger partial charge in [0.15, 0.2) is 0 Å². The Kier molecular flexibility index (Phi) is 6.17. The molecule has 1 aliphatic rings. The zero-order valence-corrected chi connectivity index (χ0v) is 16.2. The first-order valence-electron chi connectivity index (χ1n) is 9.10. The van der Waals surface area contributed by atoms with Crippen LogP contribution in [-0.2, 0) is 0 Å². The van der Waals surface area contributed by atoms with E-state index in [0.29, 0.717) is 17.1 Å². The standard InChI is InChI=1S/C21H26ClN3O/c1-24(2)17-11-9-16(10-12-17)20(25-13-5-6-14-25)15-23-21(26)18-7-3-4-8-19(18)22/h3-4,7-12,20H,5-6,13-15H2,1-2H3,(H,23,26)/t20-/m0/s1. The Hall–Kier alpha value is -2.04. The number of anilines is 1. The van der Waals surface area contributed by atoms with Gasteiger partial charge in [0.1, 0.15) is 0 Å². The van der Waals surface area contributed by atoms with Crippen molar-refractivity contribution in [3.63, 3.8) is 0 Å². The van der Waals surface area contributed by atoms with E-state index in [2.05, 4.69) is 39.4 Å². The smallest absolute Gasteiger partial charge is 0.252 e. The molecule has 0 aromatic heterocycles. The molecule has 1 amide bonds. The van der Waals surface area contributed by atoms with Gasteiger partial charge in [-0.1, -0.05) is 35.9 Å². The average Bonchev–Trinajstić information content (AvgIpc) is 3.17. The molecule has 1 atom stereocenters. The zero-order chi connectivity index (χ0) is 18.5. The van der Waals surface area contributed by atoms with Gasteiger partial charge in [0, 0.05) is 26.3 Å². The van der Waals surface area contributed by atoms with Gasteiger partial charge in [0.25, 0.3) is 5.91 Å². The molecule has 0 saturated carbocycles. The molecule has 2 aromatic carbocycles. The van der Waals surface area contributed by atoms with E-state index in [1.807, 2.05) is 26.2 Å². The van der Waals surface area contributed by atoms with Gasteiger partial charge in [-0.05, 0) is 55.8 Å². The van der Waals surface area contributed by atoms with Crippen molar-refractivity contribution in [2.45, 2.75) is 18.9 Å². The topological polar surface area (TPSA) is 35.6 Å². The molecule has 4 nitrogen and oxygen atoms in total. The Bertz CT molecular complexity index is 739. The third kappa shape index (κ3) is 4.37. The number of likely N-dealkylation sites (tertiary alicyclic amines) is 1.